The topological polar surface area (TPSA) is 359 Å². The molecule has 54 heavy (non-hydrogen) atoms. The molecule has 0 radical (unpaired) electrons. The second-order valence-corrected chi connectivity index (χ2v) is 16.9. The van der Waals surface area contributed by atoms with Crippen molar-refractivity contribution in [2.24, 2.45) is 5.41 Å². The zero-order valence-corrected chi connectivity index (χ0v) is 32.0. The number of aromatic nitrogens is 5. The van der Waals surface area contributed by atoms with Crippen LogP contribution in [0, 0.1) is 5.41 Å². The molecule has 1 fully saturated rings. The van der Waals surface area contributed by atoms with Gasteiger partial charge in [-0.05, 0) is 12.1 Å². The van der Waals surface area contributed by atoms with E-state index in [1.807, 2.05) is 0 Å². The van der Waals surface area contributed by atoms with Gasteiger partial charge >= 0.3 is 23.5 Å². The van der Waals surface area contributed by atoms with E-state index >= 15 is 0 Å². The molecule has 300 valence electrons. The lowest BCUT2D eigenvalue weighted by Gasteiger charge is -2.30. The quantitative estimate of drug-likeness (QED) is 0.0532. The van der Waals surface area contributed by atoms with Crippen LogP contribution in [0.5, 0.6) is 0 Å². The number of hydrogen-bond donors (Lipinski definition) is 10. The van der Waals surface area contributed by atoms with Crippen LogP contribution in [0.1, 0.15) is 26.5 Å². The van der Waals surface area contributed by atoms with Crippen LogP contribution in [0.15, 0.2) is 30.9 Å². The van der Waals surface area contributed by atoms with E-state index in [0.29, 0.717) is 17.9 Å². The third kappa shape index (κ3) is 11.8. The third-order valence-corrected chi connectivity index (χ3v) is 10.8. The highest BCUT2D eigenvalue weighted by atomic mass is 32.1. The van der Waals surface area contributed by atoms with E-state index in [2.05, 4.69) is 47.5 Å². The number of phosphoric ester groups is 3. The van der Waals surface area contributed by atoms with Crippen molar-refractivity contribution in [3.8, 4) is 11.4 Å². The first-order valence-electron chi connectivity index (χ1n) is 15.6. The van der Waals surface area contributed by atoms with Crippen LogP contribution in [-0.2, 0) is 45.9 Å². The van der Waals surface area contributed by atoms with Crippen molar-refractivity contribution in [1.82, 2.24) is 35.1 Å². The van der Waals surface area contributed by atoms with Crippen molar-refractivity contribution in [1.29, 1.82) is 0 Å². The predicted molar refractivity (Wildman–Crippen MR) is 187 cm³/mol. The monoisotopic (exact) mass is 843 g/mol. The predicted octanol–water partition coefficient (Wildman–Crippen LogP) is -0.603. The molecule has 4 heterocycles. The molecule has 0 aromatic carbocycles. The molecule has 0 spiro atoms. The first kappa shape index (κ1) is 43.8. The number of phosphoric acid groups is 3. The van der Waals surface area contributed by atoms with E-state index in [-0.39, 0.29) is 41.7 Å². The van der Waals surface area contributed by atoms with Crippen LogP contribution in [0.3, 0.4) is 0 Å². The molecule has 1 saturated heterocycles. The molecular weight excluding hydrogens is 804 g/mol. The maximum absolute atomic E-state index is 12.7. The number of thiol groups is 1. The highest BCUT2D eigenvalue weighted by molar-refractivity contribution is 7.80. The number of nitrogen functional groups attached to an aromatic ring is 1. The second kappa shape index (κ2) is 17.9. The van der Waals surface area contributed by atoms with Gasteiger partial charge in [-0.15, -0.1) is 0 Å². The number of carbonyl (C=O) groups excluding carboxylic acids is 2. The standard InChI is InChI=1S/C26H39N8O16P3S/c1-26(2,20(37)24(38)30-8-5-16(35)29-9-10-54)12-47-53(44,45)50-52(42,43)46-11-15-19(49-51(39,40)41)18(36)25(48-15)34-13-31-17-21(27)32-22(33-23(17)34)14-3-6-28-7-4-14/h3-4,6-7,13,15,18-20,25,36-37,54H,5,8-12H2,1-2H3,(H,29,35)(H,30,38)(H,42,43)(H,44,45)(H2,27,32,33)(H2,39,40,41)/t15-,18-,19-,20+,25-/m1/s1/i25-1. The minimum atomic E-state index is -5.58. The fourth-order valence-corrected chi connectivity index (χ4v) is 7.77. The molecule has 0 bridgehead atoms. The molecule has 2 unspecified atom stereocenters. The molecule has 24 nitrogen and oxygen atoms in total. The molecule has 0 saturated carbocycles. The SMILES string of the molecule is CC(C)(COP(=O)(O)OP(=O)(O)OC[C@H]1O[11C@@H](n2cnc3c(N)nc(-c4ccncc4)nc32)[C@H](O)[C@@H]1OP(=O)(O)O)[C@@H](O)C(=O)NCCC(=O)NCCS. The van der Waals surface area contributed by atoms with Crippen LogP contribution in [-0.4, -0.2) is 123 Å². The minimum Gasteiger partial charge on any atom is -0.386 e. The number of rotatable bonds is 19. The van der Waals surface area contributed by atoms with Crippen LogP contribution in [0.2, 0.25) is 0 Å². The van der Waals surface area contributed by atoms with Crippen molar-refractivity contribution >= 4 is 64.9 Å². The number of fused-ring (bicyclic) bond motifs is 1. The maximum atomic E-state index is 12.7. The van der Waals surface area contributed by atoms with Crippen molar-refractivity contribution in [3.63, 3.8) is 0 Å². The lowest BCUT2D eigenvalue weighted by molar-refractivity contribution is -0.137. The zero-order chi connectivity index (χ0) is 40.1. The largest absolute Gasteiger partial charge is 0.481 e. The van der Waals surface area contributed by atoms with Crippen LogP contribution in [0.25, 0.3) is 22.6 Å². The minimum absolute atomic E-state index is 0.00206. The van der Waals surface area contributed by atoms with Crippen molar-refractivity contribution < 1.29 is 75.7 Å². The molecule has 2 amide bonds. The van der Waals surface area contributed by atoms with Gasteiger partial charge in [0, 0.05) is 48.6 Å². The Kier molecular flexibility index (Phi) is 14.5. The molecule has 3 aromatic heterocycles. The smallest absolute Gasteiger partial charge is 0.386 e. The Morgan fingerprint density at radius 2 is 1.74 bits per heavy atom. The Balaban J connectivity index is 1.41. The Bertz CT molecular complexity index is 1940. The second-order valence-electron chi connectivity index (χ2n) is 12.2. The maximum Gasteiger partial charge on any atom is 0.481 e. The van der Waals surface area contributed by atoms with Gasteiger partial charge in [0.1, 0.15) is 29.9 Å². The summed E-state index contributed by atoms with van der Waals surface area (Å²) >= 11 is 3.96. The summed E-state index contributed by atoms with van der Waals surface area (Å²) in [6.45, 7) is 0.675. The average molecular weight is 844 g/mol. The van der Waals surface area contributed by atoms with E-state index in [1.165, 1.54) is 26.2 Å². The van der Waals surface area contributed by atoms with Gasteiger partial charge in [0.2, 0.25) is 11.8 Å². The van der Waals surface area contributed by atoms with Crippen LogP contribution >= 0.6 is 36.1 Å². The normalized spacial score (nSPS) is 22.0. The van der Waals surface area contributed by atoms with E-state index in [0.717, 1.165) is 10.9 Å². The van der Waals surface area contributed by atoms with Gasteiger partial charge in [0.25, 0.3) is 0 Å². The van der Waals surface area contributed by atoms with Gasteiger partial charge in [-0.1, -0.05) is 13.8 Å². The lowest BCUT2D eigenvalue weighted by Crippen LogP contribution is -2.46. The van der Waals surface area contributed by atoms with E-state index in [9.17, 15) is 53.1 Å². The van der Waals surface area contributed by atoms with Gasteiger partial charge in [-0.3, -0.25) is 32.7 Å². The molecule has 4 rings (SSSR count). The zero-order valence-electron chi connectivity index (χ0n) is 28.4. The molecule has 7 atom stereocenters. The van der Waals surface area contributed by atoms with E-state index < -0.39 is 78.6 Å². The van der Waals surface area contributed by atoms with Gasteiger partial charge in [-0.25, -0.2) is 28.6 Å². The van der Waals surface area contributed by atoms with Crippen molar-refractivity contribution in [2.75, 3.05) is 37.8 Å². The molecule has 1 aliphatic rings. The van der Waals surface area contributed by atoms with E-state index in [4.69, 9.17) is 24.0 Å². The molecular formula is C26H39N8O16P3S. The number of aliphatic hydroxyl groups excluding tert-OH is 2. The number of carbonyl (C=O) groups is 2. The van der Waals surface area contributed by atoms with Gasteiger partial charge in [-0.2, -0.15) is 16.9 Å². The van der Waals surface area contributed by atoms with Crippen molar-refractivity contribution in [3.05, 3.63) is 30.9 Å². The fraction of sp³-hybridized carbons (Fsp3) is 0.538. The number of imidazole rings is 1. The number of ether oxygens (including phenoxy) is 1. The average Bonchev–Trinajstić information content (AvgIpc) is 3.65. The third-order valence-electron chi connectivity index (χ3n) is 7.51. The Morgan fingerprint density at radius 1 is 1.07 bits per heavy atom. The first-order valence-corrected chi connectivity index (χ1v) is 20.8. The molecule has 1 aliphatic heterocycles. The Hall–Kier alpha value is -2.96. The summed E-state index contributed by atoms with van der Waals surface area (Å²) in [7, 11) is -16.4. The highest BCUT2D eigenvalue weighted by Crippen LogP contribution is 2.61. The van der Waals surface area contributed by atoms with Crippen molar-refractivity contribution in [2.45, 2.75) is 50.9 Å². The number of amides is 2. The summed E-state index contributed by atoms with van der Waals surface area (Å²) in [6.07, 6.45) is -5.06. The summed E-state index contributed by atoms with van der Waals surface area (Å²) in [4.78, 5) is 80.2. The molecule has 0 aliphatic carbocycles. The first-order chi connectivity index (χ1) is 25.1. The van der Waals surface area contributed by atoms with Gasteiger partial charge in [0.05, 0.1) is 19.5 Å². The van der Waals surface area contributed by atoms with Gasteiger partial charge in [0.15, 0.2) is 23.5 Å². The summed E-state index contributed by atoms with van der Waals surface area (Å²) in [5, 5.41) is 26.4. The number of anilines is 1. The Morgan fingerprint density at radius 3 is 2.39 bits per heavy atom. The number of hydrogen-bond acceptors (Lipinski definition) is 18. The fourth-order valence-electron chi connectivity index (χ4n) is 4.83. The number of aliphatic hydroxyl groups is 2. The van der Waals surface area contributed by atoms with Crippen LogP contribution < -0.4 is 16.4 Å². The highest BCUT2D eigenvalue weighted by Gasteiger charge is 2.50. The lowest BCUT2D eigenvalue weighted by atomic mass is 9.85. The van der Waals surface area contributed by atoms with E-state index in [1.54, 1.807) is 12.1 Å². The number of nitrogens with one attached hydrogen (secondary N) is 2. The van der Waals surface area contributed by atoms with Gasteiger partial charge < -0.3 is 50.9 Å². The molecule has 3 aromatic rings. The summed E-state index contributed by atoms with van der Waals surface area (Å²) in [5.41, 5.74) is 5.04. The Labute approximate surface area is 311 Å². The number of nitrogens with zero attached hydrogens (tertiary/aromatic N) is 5. The van der Waals surface area contributed by atoms with Crippen LogP contribution in [0.4, 0.5) is 5.82 Å². The molecule has 28 heteroatoms. The molecule has 10 N–H and O–H groups in total. The summed E-state index contributed by atoms with van der Waals surface area (Å²) in [6, 6.07) is 3.18. The number of nitrogens with two attached hydrogens (primary N) is 1. The number of pyridine rings is 1. The summed E-state index contributed by atoms with van der Waals surface area (Å²) in [5.74, 6) is -0.871. The summed E-state index contributed by atoms with van der Waals surface area (Å²) < 4.78 is 62.6.